The van der Waals surface area contributed by atoms with Crippen LogP contribution in [0.4, 0.5) is 4.39 Å². The molecule has 0 saturated heterocycles. The molecule has 0 amide bonds. The number of hydrogen-bond donors (Lipinski definition) is 3. The zero-order valence-corrected chi connectivity index (χ0v) is 9.56. The second-order valence-electron chi connectivity index (χ2n) is 3.53. The predicted octanol–water partition coefficient (Wildman–Crippen LogP) is 1.55. The van der Waals surface area contributed by atoms with Crippen molar-refractivity contribution in [2.45, 2.75) is 18.6 Å². The van der Waals surface area contributed by atoms with Gasteiger partial charge >= 0.3 is 5.97 Å². The summed E-state index contributed by atoms with van der Waals surface area (Å²) in [6, 6.07) is 3.17. The number of alkyl halides is 1. The highest BCUT2D eigenvalue weighted by Crippen LogP contribution is 2.22. The van der Waals surface area contributed by atoms with E-state index in [0.717, 1.165) is 12.1 Å². The van der Waals surface area contributed by atoms with Crippen LogP contribution < -0.4 is 0 Å². The molecule has 1 aromatic carbocycles. The van der Waals surface area contributed by atoms with Crippen molar-refractivity contribution in [3.63, 3.8) is 0 Å². The minimum atomic E-state index is -1.43. The predicted molar refractivity (Wildman–Crippen MR) is 59.7 cm³/mol. The maximum absolute atomic E-state index is 13.1. The first-order valence-corrected chi connectivity index (χ1v) is 5.45. The van der Waals surface area contributed by atoms with Crippen molar-refractivity contribution in [3.05, 3.63) is 35.1 Å². The molecule has 94 valence electrons. The number of carboxylic acid groups (broad SMARTS) is 1. The molecule has 1 aromatic rings. The Kier molecular flexibility index (Phi) is 4.86. The third-order valence-corrected chi connectivity index (χ3v) is 2.55. The summed E-state index contributed by atoms with van der Waals surface area (Å²) in [5.41, 5.74) is -0.402. The first-order valence-electron chi connectivity index (χ1n) is 4.92. The van der Waals surface area contributed by atoms with E-state index in [1.165, 1.54) is 6.07 Å². The van der Waals surface area contributed by atoms with Crippen molar-refractivity contribution in [1.29, 1.82) is 0 Å². The van der Waals surface area contributed by atoms with Gasteiger partial charge in [0, 0.05) is 5.88 Å². The first-order chi connectivity index (χ1) is 7.97. The zero-order valence-electron chi connectivity index (χ0n) is 8.81. The van der Waals surface area contributed by atoms with E-state index in [1.54, 1.807) is 0 Å². The van der Waals surface area contributed by atoms with Gasteiger partial charge in [-0.05, 0) is 24.1 Å². The monoisotopic (exact) mass is 262 g/mol. The summed E-state index contributed by atoms with van der Waals surface area (Å²) in [6.45, 7) is 0. The average Bonchev–Trinajstić information content (AvgIpc) is 2.28. The van der Waals surface area contributed by atoms with E-state index < -0.39 is 29.6 Å². The molecule has 2 atom stereocenters. The summed E-state index contributed by atoms with van der Waals surface area (Å²) in [5, 5.41) is 27.9. The van der Waals surface area contributed by atoms with E-state index in [0.29, 0.717) is 0 Å². The first kappa shape index (κ1) is 13.9. The van der Waals surface area contributed by atoms with Crippen molar-refractivity contribution in [2.75, 3.05) is 5.88 Å². The number of carboxylic acids is 1. The normalized spacial score (nSPS) is 14.4. The van der Waals surface area contributed by atoms with Crippen molar-refractivity contribution < 1.29 is 24.5 Å². The molecule has 0 aliphatic rings. The van der Waals surface area contributed by atoms with E-state index in [-0.39, 0.29) is 17.9 Å². The van der Waals surface area contributed by atoms with Crippen LogP contribution >= 0.6 is 11.6 Å². The molecule has 0 aromatic heterocycles. The molecule has 0 saturated carbocycles. The highest BCUT2D eigenvalue weighted by molar-refractivity contribution is 6.17. The fraction of sp³-hybridized carbons (Fsp3) is 0.364. The molecular weight excluding hydrogens is 251 g/mol. The van der Waals surface area contributed by atoms with Crippen LogP contribution in [-0.2, 0) is 0 Å². The second kappa shape index (κ2) is 5.95. The van der Waals surface area contributed by atoms with Crippen molar-refractivity contribution in [3.8, 4) is 0 Å². The zero-order chi connectivity index (χ0) is 13.0. The summed E-state index contributed by atoms with van der Waals surface area (Å²) in [6.07, 6.45) is -2.24. The smallest absolute Gasteiger partial charge is 0.338 e. The Balaban J connectivity index is 2.99. The highest BCUT2D eigenvalue weighted by atomic mass is 35.5. The van der Waals surface area contributed by atoms with Crippen LogP contribution in [0.15, 0.2) is 18.2 Å². The van der Waals surface area contributed by atoms with Crippen molar-refractivity contribution in [2.24, 2.45) is 0 Å². The van der Waals surface area contributed by atoms with Crippen LogP contribution in [0.2, 0.25) is 0 Å². The fourth-order valence-corrected chi connectivity index (χ4v) is 1.61. The van der Waals surface area contributed by atoms with Gasteiger partial charge in [0.1, 0.15) is 11.9 Å². The number of halogens is 2. The number of aromatic carboxylic acids is 1. The van der Waals surface area contributed by atoms with Gasteiger partial charge in [0.05, 0.1) is 11.7 Å². The van der Waals surface area contributed by atoms with Gasteiger partial charge in [-0.25, -0.2) is 9.18 Å². The summed E-state index contributed by atoms with van der Waals surface area (Å²) in [7, 11) is 0. The topological polar surface area (TPSA) is 77.8 Å². The summed E-state index contributed by atoms with van der Waals surface area (Å²) >= 11 is 5.41. The number of aliphatic hydroxyl groups excluding tert-OH is 2. The molecule has 0 fully saturated rings. The van der Waals surface area contributed by atoms with E-state index in [4.69, 9.17) is 16.7 Å². The Morgan fingerprint density at radius 1 is 1.41 bits per heavy atom. The average molecular weight is 263 g/mol. The van der Waals surface area contributed by atoms with Crippen LogP contribution in [0.5, 0.6) is 0 Å². The lowest BCUT2D eigenvalue weighted by atomic mass is 10.0. The minimum absolute atomic E-state index is 0.140. The Hall–Kier alpha value is -1.17. The molecule has 0 bridgehead atoms. The quantitative estimate of drug-likeness (QED) is 0.704. The molecule has 6 heteroatoms. The Labute approximate surface area is 102 Å². The number of carbonyl (C=O) groups is 1. The van der Waals surface area contributed by atoms with Gasteiger partial charge in [-0.2, -0.15) is 0 Å². The Morgan fingerprint density at radius 2 is 2.06 bits per heavy atom. The van der Waals surface area contributed by atoms with Gasteiger partial charge in [-0.1, -0.05) is 6.07 Å². The standard InChI is InChI=1S/C11H12ClFO4/c12-4-3-9(14)10(15)6-1-2-8(13)7(5-6)11(16)17/h1-2,5,9-10,14-15H,3-4H2,(H,16,17). The largest absolute Gasteiger partial charge is 0.478 e. The molecule has 0 spiro atoms. The van der Waals surface area contributed by atoms with Gasteiger partial charge in [0.15, 0.2) is 0 Å². The van der Waals surface area contributed by atoms with E-state index >= 15 is 0 Å². The minimum Gasteiger partial charge on any atom is -0.478 e. The maximum atomic E-state index is 13.1. The van der Waals surface area contributed by atoms with Crippen LogP contribution in [0, 0.1) is 5.82 Å². The van der Waals surface area contributed by atoms with Crippen molar-refractivity contribution in [1.82, 2.24) is 0 Å². The maximum Gasteiger partial charge on any atom is 0.338 e. The Bertz CT molecular complexity index is 410. The lowest BCUT2D eigenvalue weighted by Crippen LogP contribution is -2.19. The highest BCUT2D eigenvalue weighted by Gasteiger charge is 2.20. The Morgan fingerprint density at radius 3 is 2.59 bits per heavy atom. The summed E-state index contributed by atoms with van der Waals surface area (Å²) < 4.78 is 13.1. The van der Waals surface area contributed by atoms with E-state index in [1.807, 2.05) is 0 Å². The van der Waals surface area contributed by atoms with Crippen LogP contribution in [-0.4, -0.2) is 33.3 Å². The molecule has 0 radical (unpaired) electrons. The number of aliphatic hydroxyl groups is 2. The lowest BCUT2D eigenvalue weighted by Gasteiger charge is -2.17. The molecule has 0 aliphatic heterocycles. The molecule has 2 unspecified atom stereocenters. The van der Waals surface area contributed by atoms with Gasteiger partial charge in [0.25, 0.3) is 0 Å². The van der Waals surface area contributed by atoms with Gasteiger partial charge < -0.3 is 15.3 Å². The van der Waals surface area contributed by atoms with Gasteiger partial charge in [-0.15, -0.1) is 11.6 Å². The third kappa shape index (κ3) is 3.39. The molecule has 3 N–H and O–H groups in total. The van der Waals surface area contributed by atoms with Crippen LogP contribution in [0.3, 0.4) is 0 Å². The van der Waals surface area contributed by atoms with Crippen LogP contribution in [0.1, 0.15) is 28.4 Å². The molecule has 1 rings (SSSR count). The van der Waals surface area contributed by atoms with Gasteiger partial charge in [-0.3, -0.25) is 0 Å². The summed E-state index contributed by atoms with van der Waals surface area (Å²) in [4.78, 5) is 10.7. The van der Waals surface area contributed by atoms with Crippen molar-refractivity contribution >= 4 is 17.6 Å². The summed E-state index contributed by atoms with van der Waals surface area (Å²) in [5.74, 6) is -2.16. The molecular formula is C11H12ClFO4. The molecule has 4 nitrogen and oxygen atoms in total. The van der Waals surface area contributed by atoms with E-state index in [2.05, 4.69) is 0 Å². The molecule has 0 heterocycles. The number of hydrogen-bond acceptors (Lipinski definition) is 3. The number of benzene rings is 1. The number of rotatable bonds is 5. The SMILES string of the molecule is O=C(O)c1cc(C(O)C(O)CCCl)ccc1F. The fourth-order valence-electron chi connectivity index (χ4n) is 1.38. The lowest BCUT2D eigenvalue weighted by molar-refractivity contribution is 0.0169. The third-order valence-electron chi connectivity index (χ3n) is 2.33. The molecule has 0 aliphatic carbocycles. The molecule has 17 heavy (non-hydrogen) atoms. The second-order valence-corrected chi connectivity index (χ2v) is 3.91. The van der Waals surface area contributed by atoms with Gasteiger partial charge in [0.2, 0.25) is 0 Å². The van der Waals surface area contributed by atoms with Crippen LogP contribution in [0.25, 0.3) is 0 Å². The van der Waals surface area contributed by atoms with E-state index in [9.17, 15) is 19.4 Å².